The van der Waals surface area contributed by atoms with Gasteiger partial charge in [0.2, 0.25) is 11.8 Å². The number of anilines is 2. The fraction of sp³-hybridized carbons (Fsp3) is 0.304. The SMILES string of the molecule is COc1cc(-c2nc(C(=O)Nc3cc4cn(C)nc4cc3N3CCCCC3)co2)ccn1. The van der Waals surface area contributed by atoms with Gasteiger partial charge < -0.3 is 19.4 Å². The minimum Gasteiger partial charge on any atom is -0.481 e. The normalized spacial score (nSPS) is 14.0. The van der Waals surface area contributed by atoms with Crippen molar-refractivity contribution in [3.8, 4) is 17.3 Å². The van der Waals surface area contributed by atoms with E-state index in [9.17, 15) is 4.79 Å². The lowest BCUT2D eigenvalue weighted by Crippen LogP contribution is -2.30. The summed E-state index contributed by atoms with van der Waals surface area (Å²) in [7, 11) is 3.43. The summed E-state index contributed by atoms with van der Waals surface area (Å²) >= 11 is 0. The van der Waals surface area contributed by atoms with Gasteiger partial charge in [-0.3, -0.25) is 9.48 Å². The second kappa shape index (κ2) is 8.33. The first kappa shape index (κ1) is 20.0. The Labute approximate surface area is 185 Å². The Hall–Kier alpha value is -3.88. The number of hydrogen-bond donors (Lipinski definition) is 1. The van der Waals surface area contributed by atoms with Crippen LogP contribution in [0.3, 0.4) is 0 Å². The number of oxazole rings is 1. The van der Waals surface area contributed by atoms with E-state index in [4.69, 9.17) is 9.15 Å². The van der Waals surface area contributed by atoms with Crippen LogP contribution in [-0.2, 0) is 7.05 Å². The summed E-state index contributed by atoms with van der Waals surface area (Å²) in [4.78, 5) is 23.8. The number of rotatable bonds is 5. The van der Waals surface area contributed by atoms with Crippen molar-refractivity contribution in [2.24, 2.45) is 7.05 Å². The zero-order valence-electron chi connectivity index (χ0n) is 18.0. The summed E-state index contributed by atoms with van der Waals surface area (Å²) in [5.74, 6) is 0.444. The molecular formula is C23H24N6O3. The fourth-order valence-electron chi connectivity index (χ4n) is 4.03. The molecule has 1 aromatic carbocycles. The average molecular weight is 432 g/mol. The molecule has 1 fully saturated rings. The number of nitrogens with zero attached hydrogens (tertiary/aromatic N) is 5. The van der Waals surface area contributed by atoms with Crippen molar-refractivity contribution < 1.29 is 13.9 Å². The molecule has 32 heavy (non-hydrogen) atoms. The number of aryl methyl sites for hydroxylation is 1. The first-order chi connectivity index (χ1) is 15.6. The zero-order valence-corrected chi connectivity index (χ0v) is 18.0. The van der Waals surface area contributed by atoms with Crippen LogP contribution in [0.2, 0.25) is 0 Å². The molecule has 4 aromatic rings. The first-order valence-electron chi connectivity index (χ1n) is 10.6. The van der Waals surface area contributed by atoms with Gasteiger partial charge in [-0.1, -0.05) is 0 Å². The summed E-state index contributed by atoms with van der Waals surface area (Å²) < 4.78 is 12.5. The number of amides is 1. The van der Waals surface area contributed by atoms with Crippen LogP contribution in [0, 0.1) is 0 Å². The minimum absolute atomic E-state index is 0.201. The number of carbonyl (C=O) groups excluding carboxylic acids is 1. The lowest BCUT2D eigenvalue weighted by atomic mass is 10.1. The summed E-state index contributed by atoms with van der Waals surface area (Å²) in [5, 5.41) is 8.53. The molecule has 3 aromatic heterocycles. The Balaban J connectivity index is 1.44. The van der Waals surface area contributed by atoms with Crippen molar-refractivity contribution in [2.75, 3.05) is 30.4 Å². The largest absolute Gasteiger partial charge is 0.481 e. The molecule has 1 aliphatic rings. The third-order valence-electron chi connectivity index (χ3n) is 5.61. The number of benzene rings is 1. The monoisotopic (exact) mass is 432 g/mol. The van der Waals surface area contributed by atoms with Gasteiger partial charge in [-0.05, 0) is 37.5 Å². The second-order valence-corrected chi connectivity index (χ2v) is 7.86. The second-order valence-electron chi connectivity index (χ2n) is 7.86. The molecule has 0 bridgehead atoms. The molecule has 0 spiro atoms. The van der Waals surface area contributed by atoms with E-state index in [1.807, 2.05) is 25.4 Å². The van der Waals surface area contributed by atoms with Gasteiger partial charge >= 0.3 is 0 Å². The van der Waals surface area contributed by atoms with Gasteiger partial charge in [0.1, 0.15) is 6.26 Å². The Kier molecular flexibility index (Phi) is 5.22. The molecule has 0 saturated carbocycles. The average Bonchev–Trinajstić information content (AvgIpc) is 3.45. The number of carbonyl (C=O) groups is 1. The third-order valence-corrected chi connectivity index (χ3v) is 5.61. The molecule has 0 aliphatic carbocycles. The van der Waals surface area contributed by atoms with E-state index in [1.54, 1.807) is 30.1 Å². The van der Waals surface area contributed by atoms with Gasteiger partial charge in [-0.2, -0.15) is 5.10 Å². The van der Waals surface area contributed by atoms with Crippen LogP contribution < -0.4 is 15.0 Å². The Morgan fingerprint density at radius 1 is 1.19 bits per heavy atom. The van der Waals surface area contributed by atoms with E-state index in [0.717, 1.165) is 48.2 Å². The molecule has 5 rings (SSSR count). The highest BCUT2D eigenvalue weighted by atomic mass is 16.5. The van der Waals surface area contributed by atoms with Crippen LogP contribution in [0.1, 0.15) is 29.8 Å². The van der Waals surface area contributed by atoms with E-state index < -0.39 is 0 Å². The minimum atomic E-state index is -0.331. The number of piperidine rings is 1. The van der Waals surface area contributed by atoms with Crippen LogP contribution in [0.4, 0.5) is 11.4 Å². The molecule has 9 heteroatoms. The van der Waals surface area contributed by atoms with Crippen LogP contribution in [-0.4, -0.2) is 45.9 Å². The molecule has 1 aliphatic heterocycles. The van der Waals surface area contributed by atoms with Crippen molar-refractivity contribution in [1.82, 2.24) is 19.7 Å². The van der Waals surface area contributed by atoms with Gasteiger partial charge in [-0.25, -0.2) is 9.97 Å². The van der Waals surface area contributed by atoms with Crippen molar-refractivity contribution in [1.29, 1.82) is 0 Å². The summed E-state index contributed by atoms with van der Waals surface area (Å²) in [6, 6.07) is 7.48. The Morgan fingerprint density at radius 3 is 2.84 bits per heavy atom. The lowest BCUT2D eigenvalue weighted by Gasteiger charge is -2.30. The van der Waals surface area contributed by atoms with Crippen LogP contribution in [0.25, 0.3) is 22.4 Å². The maximum atomic E-state index is 13.0. The van der Waals surface area contributed by atoms with Gasteiger partial charge in [0.05, 0.1) is 24.0 Å². The molecule has 1 amide bonds. The molecular weight excluding hydrogens is 408 g/mol. The van der Waals surface area contributed by atoms with Gasteiger partial charge in [-0.15, -0.1) is 0 Å². The maximum absolute atomic E-state index is 13.0. The first-order valence-corrected chi connectivity index (χ1v) is 10.6. The molecule has 0 atom stereocenters. The van der Waals surface area contributed by atoms with E-state index in [0.29, 0.717) is 17.3 Å². The number of ether oxygens (including phenoxy) is 1. The number of pyridine rings is 1. The van der Waals surface area contributed by atoms with Gasteiger partial charge in [0, 0.05) is 49.5 Å². The zero-order chi connectivity index (χ0) is 22.1. The van der Waals surface area contributed by atoms with Crippen molar-refractivity contribution in [2.45, 2.75) is 19.3 Å². The Bertz CT molecular complexity index is 1270. The summed E-state index contributed by atoms with van der Waals surface area (Å²) in [5.41, 5.74) is 3.51. The van der Waals surface area contributed by atoms with E-state index >= 15 is 0 Å². The molecule has 1 N–H and O–H groups in total. The van der Waals surface area contributed by atoms with Crippen LogP contribution in [0.5, 0.6) is 5.88 Å². The van der Waals surface area contributed by atoms with Crippen molar-refractivity contribution >= 4 is 28.2 Å². The number of fused-ring (bicyclic) bond motifs is 1. The molecule has 0 unspecified atom stereocenters. The quantitative estimate of drug-likeness (QED) is 0.511. The summed E-state index contributed by atoms with van der Waals surface area (Å²) in [6.07, 6.45) is 8.40. The van der Waals surface area contributed by atoms with E-state index in [-0.39, 0.29) is 11.6 Å². The lowest BCUT2D eigenvalue weighted by molar-refractivity contribution is 0.102. The predicted molar refractivity (Wildman–Crippen MR) is 121 cm³/mol. The highest BCUT2D eigenvalue weighted by Gasteiger charge is 2.20. The van der Waals surface area contributed by atoms with Gasteiger partial charge in [0.15, 0.2) is 5.69 Å². The number of hydrogen-bond acceptors (Lipinski definition) is 7. The summed E-state index contributed by atoms with van der Waals surface area (Å²) in [6.45, 7) is 1.92. The van der Waals surface area contributed by atoms with Crippen LogP contribution >= 0.6 is 0 Å². The van der Waals surface area contributed by atoms with Crippen LogP contribution in [0.15, 0.2) is 47.3 Å². The topological polar surface area (TPSA) is 98.3 Å². The molecule has 9 nitrogen and oxygen atoms in total. The fourth-order valence-corrected chi connectivity index (χ4v) is 4.03. The standard InChI is InChI=1S/C23H24N6O3/c1-28-13-16-10-18(20(12-17(16)27-28)29-8-4-3-5-9-29)25-22(30)19-14-32-23(26-19)15-6-7-24-21(11-15)31-2/h6-7,10-14H,3-5,8-9H2,1-2H3,(H,25,30). The molecule has 1 saturated heterocycles. The highest BCUT2D eigenvalue weighted by molar-refractivity contribution is 6.06. The molecule has 164 valence electrons. The predicted octanol–water partition coefficient (Wildman–Crippen LogP) is 3.87. The molecule has 4 heterocycles. The van der Waals surface area contributed by atoms with E-state index in [2.05, 4.69) is 25.3 Å². The van der Waals surface area contributed by atoms with Crippen molar-refractivity contribution in [3.05, 3.63) is 48.6 Å². The number of methoxy groups -OCH3 is 1. The Morgan fingerprint density at radius 2 is 2.03 bits per heavy atom. The third kappa shape index (κ3) is 3.89. The van der Waals surface area contributed by atoms with E-state index in [1.165, 1.54) is 12.7 Å². The number of nitrogens with one attached hydrogen (secondary N) is 1. The number of aromatic nitrogens is 4. The highest BCUT2D eigenvalue weighted by Crippen LogP contribution is 2.33. The smallest absolute Gasteiger partial charge is 0.277 e. The molecule has 0 radical (unpaired) electrons. The maximum Gasteiger partial charge on any atom is 0.277 e. The van der Waals surface area contributed by atoms with Gasteiger partial charge in [0.25, 0.3) is 5.91 Å². The van der Waals surface area contributed by atoms with Crippen molar-refractivity contribution in [3.63, 3.8) is 0 Å².